The summed E-state index contributed by atoms with van der Waals surface area (Å²) in [7, 11) is 0. The van der Waals surface area contributed by atoms with E-state index in [4.69, 9.17) is 16.6 Å². The molecule has 0 radical (unpaired) electrons. The van der Waals surface area contributed by atoms with Crippen molar-refractivity contribution in [2.75, 3.05) is 6.54 Å². The summed E-state index contributed by atoms with van der Waals surface area (Å²) in [5.74, 6) is -0.783. The van der Waals surface area contributed by atoms with E-state index in [1.54, 1.807) is 0 Å². The SMILES string of the molecule is NC(=O)C1(N)CCCCN1C(=O)O. The quantitative estimate of drug-likeness (QED) is 0.503. The fraction of sp³-hybridized carbons (Fsp3) is 0.714. The molecule has 6 heteroatoms. The van der Waals surface area contributed by atoms with Crippen LogP contribution in [0, 0.1) is 0 Å². The Kier molecular flexibility index (Phi) is 2.42. The molecule has 2 amide bonds. The molecule has 1 fully saturated rings. The van der Waals surface area contributed by atoms with Gasteiger partial charge < -0.3 is 16.6 Å². The van der Waals surface area contributed by atoms with E-state index in [-0.39, 0.29) is 6.54 Å². The molecule has 1 heterocycles. The van der Waals surface area contributed by atoms with Gasteiger partial charge in [-0.1, -0.05) is 0 Å². The lowest BCUT2D eigenvalue weighted by molar-refractivity contribution is -0.130. The number of carboxylic acid groups (broad SMARTS) is 1. The highest BCUT2D eigenvalue weighted by molar-refractivity contribution is 5.87. The molecule has 5 N–H and O–H groups in total. The Hall–Kier alpha value is -1.30. The minimum atomic E-state index is -1.51. The first-order valence-corrected chi connectivity index (χ1v) is 4.08. The molecular weight excluding hydrogens is 174 g/mol. The zero-order valence-electron chi connectivity index (χ0n) is 7.19. The molecule has 1 saturated heterocycles. The van der Waals surface area contributed by atoms with Gasteiger partial charge in [0, 0.05) is 6.54 Å². The third-order valence-corrected chi connectivity index (χ3v) is 2.33. The van der Waals surface area contributed by atoms with Gasteiger partial charge in [-0.2, -0.15) is 0 Å². The number of likely N-dealkylation sites (tertiary alicyclic amines) is 1. The maximum atomic E-state index is 11.0. The molecule has 0 saturated carbocycles. The Labute approximate surface area is 75.5 Å². The number of nitrogens with two attached hydrogens (primary N) is 2. The Bertz CT molecular complexity index is 243. The zero-order chi connectivity index (χ0) is 10.1. The predicted octanol–water partition coefficient (Wildman–Crippen LogP) is -0.709. The fourth-order valence-corrected chi connectivity index (χ4v) is 1.52. The lowest BCUT2D eigenvalue weighted by Crippen LogP contribution is -2.67. The average Bonchev–Trinajstić information content (AvgIpc) is 2.04. The summed E-state index contributed by atoms with van der Waals surface area (Å²) in [6.45, 7) is 0.273. The van der Waals surface area contributed by atoms with Crippen molar-refractivity contribution >= 4 is 12.0 Å². The normalized spacial score (nSPS) is 28.5. The molecule has 0 aromatic rings. The summed E-state index contributed by atoms with van der Waals surface area (Å²) in [4.78, 5) is 22.6. The topological polar surface area (TPSA) is 110 Å². The Morgan fingerprint density at radius 1 is 1.38 bits per heavy atom. The number of hydrogen-bond acceptors (Lipinski definition) is 3. The lowest BCUT2D eigenvalue weighted by atomic mass is 9.96. The molecular formula is C7H13N3O3. The van der Waals surface area contributed by atoms with Crippen LogP contribution in [0.2, 0.25) is 0 Å². The second kappa shape index (κ2) is 3.21. The average molecular weight is 187 g/mol. The van der Waals surface area contributed by atoms with Crippen molar-refractivity contribution in [1.82, 2.24) is 4.90 Å². The number of carbonyl (C=O) groups excluding carboxylic acids is 1. The largest absolute Gasteiger partial charge is 0.465 e. The van der Waals surface area contributed by atoms with Gasteiger partial charge in [0.1, 0.15) is 0 Å². The molecule has 13 heavy (non-hydrogen) atoms. The summed E-state index contributed by atoms with van der Waals surface area (Å²) in [6.07, 6.45) is 0.553. The smallest absolute Gasteiger partial charge is 0.409 e. The second-order valence-electron chi connectivity index (χ2n) is 3.18. The number of piperidine rings is 1. The van der Waals surface area contributed by atoms with Crippen LogP contribution >= 0.6 is 0 Å². The van der Waals surface area contributed by atoms with E-state index in [0.717, 1.165) is 17.7 Å². The van der Waals surface area contributed by atoms with Gasteiger partial charge in [-0.3, -0.25) is 9.69 Å². The predicted molar refractivity (Wildman–Crippen MR) is 44.7 cm³/mol. The maximum absolute atomic E-state index is 11.0. The Morgan fingerprint density at radius 2 is 2.00 bits per heavy atom. The van der Waals surface area contributed by atoms with Gasteiger partial charge in [0.2, 0.25) is 0 Å². The van der Waals surface area contributed by atoms with Crippen molar-refractivity contribution in [1.29, 1.82) is 0 Å². The molecule has 1 atom stereocenters. The van der Waals surface area contributed by atoms with Gasteiger partial charge >= 0.3 is 6.09 Å². The van der Waals surface area contributed by atoms with Crippen LogP contribution in [0.5, 0.6) is 0 Å². The third kappa shape index (κ3) is 1.57. The van der Waals surface area contributed by atoms with E-state index in [1.165, 1.54) is 0 Å². The molecule has 1 aliphatic rings. The third-order valence-electron chi connectivity index (χ3n) is 2.33. The van der Waals surface area contributed by atoms with Crippen molar-refractivity contribution in [3.63, 3.8) is 0 Å². The summed E-state index contributed by atoms with van der Waals surface area (Å²) in [6, 6.07) is 0. The maximum Gasteiger partial charge on any atom is 0.409 e. The van der Waals surface area contributed by atoms with E-state index in [9.17, 15) is 9.59 Å². The molecule has 0 aliphatic carbocycles. The standard InChI is InChI=1S/C7H13N3O3/c8-5(11)7(9)3-1-2-4-10(7)6(12)13/h1-4,9H2,(H2,8,11)(H,12,13). The highest BCUT2D eigenvalue weighted by atomic mass is 16.4. The van der Waals surface area contributed by atoms with Gasteiger partial charge in [0.15, 0.2) is 5.66 Å². The van der Waals surface area contributed by atoms with Crippen LogP contribution in [0.25, 0.3) is 0 Å². The van der Waals surface area contributed by atoms with Crippen LogP contribution in [-0.4, -0.2) is 34.2 Å². The Balaban J connectivity index is 2.89. The zero-order valence-corrected chi connectivity index (χ0v) is 7.19. The number of rotatable bonds is 1. The van der Waals surface area contributed by atoms with Crippen molar-refractivity contribution in [3.05, 3.63) is 0 Å². The summed E-state index contributed by atoms with van der Waals surface area (Å²) < 4.78 is 0. The van der Waals surface area contributed by atoms with E-state index < -0.39 is 17.7 Å². The molecule has 6 nitrogen and oxygen atoms in total. The lowest BCUT2D eigenvalue weighted by Gasteiger charge is -2.39. The van der Waals surface area contributed by atoms with Crippen molar-refractivity contribution in [2.24, 2.45) is 11.5 Å². The van der Waals surface area contributed by atoms with Crippen LogP contribution in [0.15, 0.2) is 0 Å². The van der Waals surface area contributed by atoms with Crippen molar-refractivity contribution in [3.8, 4) is 0 Å². The second-order valence-corrected chi connectivity index (χ2v) is 3.18. The Morgan fingerprint density at radius 3 is 2.38 bits per heavy atom. The summed E-state index contributed by atoms with van der Waals surface area (Å²) in [5.41, 5.74) is 9.17. The molecule has 0 bridgehead atoms. The van der Waals surface area contributed by atoms with E-state index in [1.807, 2.05) is 0 Å². The number of carbonyl (C=O) groups is 2. The minimum absolute atomic E-state index is 0.273. The first-order valence-electron chi connectivity index (χ1n) is 4.08. The van der Waals surface area contributed by atoms with E-state index in [2.05, 4.69) is 0 Å². The minimum Gasteiger partial charge on any atom is -0.465 e. The van der Waals surface area contributed by atoms with E-state index in [0.29, 0.717) is 6.42 Å². The van der Waals surface area contributed by atoms with Crippen LogP contribution in [0.3, 0.4) is 0 Å². The van der Waals surface area contributed by atoms with Gasteiger partial charge in [-0.25, -0.2) is 4.79 Å². The first-order chi connectivity index (χ1) is 5.98. The van der Waals surface area contributed by atoms with Gasteiger partial charge in [-0.15, -0.1) is 0 Å². The molecule has 1 unspecified atom stereocenters. The summed E-state index contributed by atoms with van der Waals surface area (Å²) >= 11 is 0. The van der Waals surface area contributed by atoms with Crippen LogP contribution < -0.4 is 11.5 Å². The summed E-state index contributed by atoms with van der Waals surface area (Å²) in [5, 5.41) is 8.76. The van der Waals surface area contributed by atoms with Crippen LogP contribution in [0.1, 0.15) is 19.3 Å². The molecule has 1 aliphatic heterocycles. The highest BCUT2D eigenvalue weighted by Gasteiger charge is 2.43. The highest BCUT2D eigenvalue weighted by Crippen LogP contribution is 2.23. The molecule has 0 aromatic carbocycles. The number of primary amides is 1. The van der Waals surface area contributed by atoms with Crippen LogP contribution in [-0.2, 0) is 4.79 Å². The molecule has 1 rings (SSSR count). The molecule has 74 valence electrons. The van der Waals surface area contributed by atoms with Gasteiger partial charge in [0.25, 0.3) is 5.91 Å². The van der Waals surface area contributed by atoms with Crippen molar-refractivity contribution in [2.45, 2.75) is 24.9 Å². The molecule has 0 aromatic heterocycles. The van der Waals surface area contributed by atoms with Crippen molar-refractivity contribution < 1.29 is 14.7 Å². The van der Waals surface area contributed by atoms with Gasteiger partial charge in [-0.05, 0) is 19.3 Å². The number of nitrogens with zero attached hydrogens (tertiary/aromatic N) is 1. The fourth-order valence-electron chi connectivity index (χ4n) is 1.52. The first kappa shape index (κ1) is 9.79. The number of hydrogen-bond donors (Lipinski definition) is 3. The van der Waals surface area contributed by atoms with Crippen LogP contribution in [0.4, 0.5) is 4.79 Å². The molecule has 0 spiro atoms. The number of amides is 2. The monoisotopic (exact) mass is 187 g/mol. The van der Waals surface area contributed by atoms with Gasteiger partial charge in [0.05, 0.1) is 0 Å². The van der Waals surface area contributed by atoms with E-state index >= 15 is 0 Å².